The third-order valence-corrected chi connectivity index (χ3v) is 3.84. The minimum absolute atomic E-state index is 0.0328. The highest BCUT2D eigenvalue weighted by Gasteiger charge is 2.03. The van der Waals surface area contributed by atoms with Gasteiger partial charge >= 0.3 is 0 Å². The van der Waals surface area contributed by atoms with Gasteiger partial charge in [0.2, 0.25) is 5.91 Å². The van der Waals surface area contributed by atoms with Crippen LogP contribution in [0.25, 0.3) is 0 Å². The van der Waals surface area contributed by atoms with Crippen LogP contribution in [0.15, 0.2) is 48.5 Å². The smallest absolute Gasteiger partial charge is 0.234 e. The van der Waals surface area contributed by atoms with Gasteiger partial charge in [-0.15, -0.1) is 11.8 Å². The number of hydrogen-bond acceptors (Lipinski definition) is 3. The van der Waals surface area contributed by atoms with E-state index >= 15 is 0 Å². The number of thioether (sulfide) groups is 1. The number of rotatable bonds is 5. The molecular formula is C15H15ClN2OS. The summed E-state index contributed by atoms with van der Waals surface area (Å²) in [7, 11) is 0. The van der Waals surface area contributed by atoms with Crippen molar-refractivity contribution >= 4 is 40.6 Å². The fourth-order valence-electron chi connectivity index (χ4n) is 1.66. The second-order valence-electron chi connectivity index (χ2n) is 4.29. The monoisotopic (exact) mass is 306 g/mol. The van der Waals surface area contributed by atoms with Crippen LogP contribution in [0, 0.1) is 0 Å². The normalized spacial score (nSPS) is 10.2. The van der Waals surface area contributed by atoms with Gasteiger partial charge in [0.1, 0.15) is 0 Å². The number of hydrogen-bond donors (Lipinski definition) is 2. The first-order valence-corrected chi connectivity index (χ1v) is 7.64. The van der Waals surface area contributed by atoms with E-state index < -0.39 is 0 Å². The van der Waals surface area contributed by atoms with Crippen molar-refractivity contribution < 1.29 is 4.79 Å². The Hall–Kier alpha value is -1.65. The van der Waals surface area contributed by atoms with Crippen LogP contribution in [0.3, 0.4) is 0 Å². The van der Waals surface area contributed by atoms with Crippen LogP contribution in [-0.2, 0) is 10.5 Å². The molecule has 0 atom stereocenters. The molecule has 1 amide bonds. The zero-order valence-corrected chi connectivity index (χ0v) is 12.4. The molecule has 0 fully saturated rings. The molecule has 0 radical (unpaired) electrons. The van der Waals surface area contributed by atoms with E-state index in [4.69, 9.17) is 17.3 Å². The van der Waals surface area contributed by atoms with Gasteiger partial charge in [-0.05, 0) is 35.9 Å². The topological polar surface area (TPSA) is 55.1 Å². The SMILES string of the molecule is Nc1cccc(NC(=O)CSCc2ccc(Cl)cc2)c1. The predicted octanol–water partition coefficient (Wildman–Crippen LogP) is 3.79. The summed E-state index contributed by atoms with van der Waals surface area (Å²) in [5, 5.41) is 3.54. The molecule has 0 aromatic heterocycles. The molecule has 0 heterocycles. The Labute approximate surface area is 127 Å². The van der Waals surface area contributed by atoms with Gasteiger partial charge in [0, 0.05) is 22.2 Å². The van der Waals surface area contributed by atoms with Crippen LogP contribution < -0.4 is 11.1 Å². The Morgan fingerprint density at radius 3 is 2.65 bits per heavy atom. The van der Waals surface area contributed by atoms with Gasteiger partial charge in [-0.25, -0.2) is 0 Å². The summed E-state index contributed by atoms with van der Waals surface area (Å²) >= 11 is 7.38. The van der Waals surface area contributed by atoms with E-state index in [-0.39, 0.29) is 5.91 Å². The summed E-state index contributed by atoms with van der Waals surface area (Å²) in [4.78, 5) is 11.8. The van der Waals surface area contributed by atoms with Crippen LogP contribution in [0.4, 0.5) is 11.4 Å². The van der Waals surface area contributed by atoms with E-state index in [1.165, 1.54) is 0 Å². The molecule has 2 aromatic carbocycles. The highest BCUT2D eigenvalue weighted by Crippen LogP contribution is 2.16. The Morgan fingerprint density at radius 1 is 1.20 bits per heavy atom. The molecular weight excluding hydrogens is 292 g/mol. The van der Waals surface area contributed by atoms with Gasteiger partial charge in [0.25, 0.3) is 0 Å². The molecule has 0 spiro atoms. The molecule has 3 nitrogen and oxygen atoms in total. The number of nitrogen functional groups attached to an aromatic ring is 1. The van der Waals surface area contributed by atoms with E-state index in [1.54, 1.807) is 23.9 Å². The van der Waals surface area contributed by atoms with E-state index in [0.717, 1.165) is 22.0 Å². The maximum absolute atomic E-state index is 11.8. The van der Waals surface area contributed by atoms with Gasteiger partial charge in [0.05, 0.1) is 5.75 Å². The molecule has 0 saturated heterocycles. The maximum atomic E-state index is 11.8. The lowest BCUT2D eigenvalue weighted by Gasteiger charge is -2.06. The zero-order valence-electron chi connectivity index (χ0n) is 10.8. The van der Waals surface area contributed by atoms with E-state index in [1.807, 2.05) is 36.4 Å². The minimum Gasteiger partial charge on any atom is -0.399 e. The maximum Gasteiger partial charge on any atom is 0.234 e. The summed E-state index contributed by atoms with van der Waals surface area (Å²) in [5.74, 6) is 1.15. The fourth-order valence-corrected chi connectivity index (χ4v) is 2.57. The van der Waals surface area contributed by atoms with Crippen molar-refractivity contribution in [3.05, 3.63) is 59.1 Å². The number of nitrogens with two attached hydrogens (primary N) is 1. The first-order valence-electron chi connectivity index (χ1n) is 6.11. The minimum atomic E-state index is -0.0328. The Balaban J connectivity index is 1.76. The van der Waals surface area contributed by atoms with Crippen LogP contribution >= 0.6 is 23.4 Å². The third-order valence-electron chi connectivity index (χ3n) is 2.59. The van der Waals surface area contributed by atoms with E-state index in [0.29, 0.717) is 11.4 Å². The van der Waals surface area contributed by atoms with Crippen molar-refractivity contribution in [1.29, 1.82) is 0 Å². The molecule has 0 saturated carbocycles. The van der Waals surface area contributed by atoms with Crippen molar-refractivity contribution in [2.45, 2.75) is 5.75 Å². The van der Waals surface area contributed by atoms with Crippen LogP contribution in [0.1, 0.15) is 5.56 Å². The van der Waals surface area contributed by atoms with Crippen molar-refractivity contribution in [2.75, 3.05) is 16.8 Å². The number of nitrogens with one attached hydrogen (secondary N) is 1. The van der Waals surface area contributed by atoms with E-state index in [2.05, 4.69) is 5.32 Å². The summed E-state index contributed by atoms with van der Waals surface area (Å²) in [6.45, 7) is 0. The van der Waals surface area contributed by atoms with Gasteiger partial charge in [0.15, 0.2) is 0 Å². The summed E-state index contributed by atoms with van der Waals surface area (Å²) in [6.07, 6.45) is 0. The van der Waals surface area contributed by atoms with Crippen LogP contribution in [-0.4, -0.2) is 11.7 Å². The first-order chi connectivity index (χ1) is 9.63. The average molecular weight is 307 g/mol. The summed E-state index contributed by atoms with van der Waals surface area (Å²) in [5.41, 5.74) is 8.16. The molecule has 0 bridgehead atoms. The lowest BCUT2D eigenvalue weighted by molar-refractivity contribution is -0.113. The molecule has 3 N–H and O–H groups in total. The average Bonchev–Trinajstić information content (AvgIpc) is 2.41. The van der Waals surface area contributed by atoms with Gasteiger partial charge in [-0.1, -0.05) is 29.8 Å². The standard InChI is InChI=1S/C15H15ClN2OS/c16-12-6-4-11(5-7-12)9-20-10-15(19)18-14-3-1-2-13(17)8-14/h1-8H,9-10,17H2,(H,18,19). The van der Waals surface area contributed by atoms with Crippen molar-refractivity contribution in [2.24, 2.45) is 0 Å². The van der Waals surface area contributed by atoms with Crippen molar-refractivity contribution in [3.8, 4) is 0 Å². The molecule has 2 aromatic rings. The van der Waals surface area contributed by atoms with Crippen LogP contribution in [0.5, 0.6) is 0 Å². The molecule has 104 valence electrons. The number of halogens is 1. The second kappa shape index (κ2) is 7.22. The Bertz CT molecular complexity index is 587. The Morgan fingerprint density at radius 2 is 1.95 bits per heavy atom. The quantitative estimate of drug-likeness (QED) is 0.826. The largest absolute Gasteiger partial charge is 0.399 e. The second-order valence-corrected chi connectivity index (χ2v) is 5.71. The van der Waals surface area contributed by atoms with Crippen molar-refractivity contribution in [3.63, 3.8) is 0 Å². The van der Waals surface area contributed by atoms with Gasteiger partial charge < -0.3 is 11.1 Å². The molecule has 5 heteroatoms. The molecule has 0 unspecified atom stereocenters. The zero-order chi connectivity index (χ0) is 14.4. The number of carbonyl (C=O) groups excluding carboxylic acids is 1. The molecule has 0 aliphatic heterocycles. The Kier molecular flexibility index (Phi) is 5.32. The third kappa shape index (κ3) is 4.79. The molecule has 2 rings (SSSR count). The molecule has 0 aliphatic rings. The lowest BCUT2D eigenvalue weighted by atomic mass is 10.2. The highest BCUT2D eigenvalue weighted by atomic mass is 35.5. The molecule has 0 aliphatic carbocycles. The number of anilines is 2. The van der Waals surface area contributed by atoms with Gasteiger partial charge in [-0.3, -0.25) is 4.79 Å². The summed E-state index contributed by atoms with van der Waals surface area (Å²) in [6, 6.07) is 14.8. The summed E-state index contributed by atoms with van der Waals surface area (Å²) < 4.78 is 0. The van der Waals surface area contributed by atoms with E-state index in [9.17, 15) is 4.79 Å². The number of carbonyl (C=O) groups is 1. The van der Waals surface area contributed by atoms with Crippen molar-refractivity contribution in [1.82, 2.24) is 0 Å². The van der Waals surface area contributed by atoms with Gasteiger partial charge in [-0.2, -0.15) is 0 Å². The first kappa shape index (κ1) is 14.8. The number of amides is 1. The predicted molar refractivity (Wildman–Crippen MR) is 87.1 cm³/mol. The number of benzene rings is 2. The van der Waals surface area contributed by atoms with Crippen LogP contribution in [0.2, 0.25) is 5.02 Å². The fraction of sp³-hybridized carbons (Fsp3) is 0.133. The molecule has 20 heavy (non-hydrogen) atoms. The lowest BCUT2D eigenvalue weighted by Crippen LogP contribution is -2.14. The highest BCUT2D eigenvalue weighted by molar-refractivity contribution is 7.99.